The molecule has 2 N–H and O–H groups in total. The predicted molar refractivity (Wildman–Crippen MR) is 111 cm³/mol. The topological polar surface area (TPSA) is 81.8 Å². The van der Waals surface area contributed by atoms with Crippen LogP contribution < -0.4 is 15.5 Å². The van der Waals surface area contributed by atoms with Crippen LogP contribution >= 0.6 is 0 Å². The van der Waals surface area contributed by atoms with Gasteiger partial charge in [-0.15, -0.1) is 0 Å². The van der Waals surface area contributed by atoms with Crippen molar-refractivity contribution in [1.29, 1.82) is 0 Å². The molecule has 1 fully saturated rings. The number of nitrogens with zero attached hydrogens (tertiary/aromatic N) is 2. The van der Waals surface area contributed by atoms with Crippen molar-refractivity contribution in [3.63, 3.8) is 0 Å². The van der Waals surface area contributed by atoms with E-state index in [2.05, 4.69) is 10.6 Å². The lowest BCUT2D eigenvalue weighted by atomic mass is 10.1. The molecule has 0 spiro atoms. The van der Waals surface area contributed by atoms with E-state index in [1.807, 2.05) is 4.90 Å². The molecule has 0 radical (unpaired) electrons. The Morgan fingerprint density at radius 2 is 1.70 bits per heavy atom. The first-order chi connectivity index (χ1) is 14.5. The summed E-state index contributed by atoms with van der Waals surface area (Å²) in [7, 11) is 0. The molecule has 2 aliphatic rings. The number of hydrogen-bond donors (Lipinski definition) is 2. The summed E-state index contributed by atoms with van der Waals surface area (Å²) in [6.45, 7) is 2.06. The number of para-hydroxylation sites is 2. The predicted octanol–water partition coefficient (Wildman–Crippen LogP) is 2.01. The van der Waals surface area contributed by atoms with E-state index in [1.165, 1.54) is 6.07 Å². The van der Waals surface area contributed by atoms with E-state index in [4.69, 9.17) is 0 Å². The smallest absolute Gasteiger partial charge is 0.254 e. The summed E-state index contributed by atoms with van der Waals surface area (Å²) in [5.41, 5.74) is 1.42. The Hall–Kier alpha value is -3.42. The highest BCUT2D eigenvalue weighted by molar-refractivity contribution is 6.09. The summed E-state index contributed by atoms with van der Waals surface area (Å²) >= 11 is 0. The first-order valence-corrected chi connectivity index (χ1v) is 10.0. The summed E-state index contributed by atoms with van der Waals surface area (Å²) in [6.07, 6.45) is 0.367. The number of piperazine rings is 1. The first-order valence-electron chi connectivity index (χ1n) is 10.0. The van der Waals surface area contributed by atoms with Gasteiger partial charge in [0.25, 0.3) is 5.91 Å². The maximum absolute atomic E-state index is 14.0. The zero-order chi connectivity index (χ0) is 21.1. The van der Waals surface area contributed by atoms with Crippen LogP contribution in [0.15, 0.2) is 48.5 Å². The van der Waals surface area contributed by atoms with E-state index in [1.54, 1.807) is 47.4 Å². The van der Waals surface area contributed by atoms with Crippen molar-refractivity contribution >= 4 is 29.1 Å². The highest BCUT2D eigenvalue weighted by Crippen LogP contribution is 2.21. The molecule has 0 saturated carbocycles. The summed E-state index contributed by atoms with van der Waals surface area (Å²) in [5, 5.41) is 5.45. The van der Waals surface area contributed by atoms with Gasteiger partial charge in [0.2, 0.25) is 11.8 Å². The van der Waals surface area contributed by atoms with Crippen LogP contribution in [0.3, 0.4) is 0 Å². The van der Waals surface area contributed by atoms with E-state index >= 15 is 0 Å². The van der Waals surface area contributed by atoms with Gasteiger partial charge in [0.05, 0.1) is 16.9 Å². The quantitative estimate of drug-likeness (QED) is 0.808. The number of hydrogen-bond acceptors (Lipinski definition) is 4. The third kappa shape index (κ3) is 4.12. The molecular weight excluding hydrogens is 387 g/mol. The fourth-order valence-electron chi connectivity index (χ4n) is 3.85. The summed E-state index contributed by atoms with van der Waals surface area (Å²) in [6, 6.07) is 12.6. The van der Waals surface area contributed by atoms with Crippen molar-refractivity contribution in [2.75, 3.05) is 36.4 Å². The molecule has 2 aromatic rings. The zero-order valence-electron chi connectivity index (χ0n) is 16.4. The van der Waals surface area contributed by atoms with Crippen LogP contribution in [0.1, 0.15) is 23.2 Å². The van der Waals surface area contributed by atoms with Gasteiger partial charge in [0, 0.05) is 32.6 Å². The SMILES string of the molecule is O=C1NC(CCC(=O)N2CCN(c3ccccc3F)CC2)C(=O)Nc2ccccc21. The molecule has 156 valence electrons. The minimum Gasteiger partial charge on any atom is -0.366 e. The normalized spacial score (nSPS) is 18.9. The fourth-order valence-corrected chi connectivity index (χ4v) is 3.85. The molecule has 0 aromatic heterocycles. The van der Waals surface area contributed by atoms with Crippen LogP contribution in [0.2, 0.25) is 0 Å². The lowest BCUT2D eigenvalue weighted by molar-refractivity contribution is -0.131. The first kappa shape index (κ1) is 19.9. The Balaban J connectivity index is 1.31. The molecule has 0 bridgehead atoms. The fraction of sp³-hybridized carbons (Fsp3) is 0.318. The Morgan fingerprint density at radius 1 is 1.00 bits per heavy atom. The van der Waals surface area contributed by atoms with Crippen LogP contribution in [0.5, 0.6) is 0 Å². The zero-order valence-corrected chi connectivity index (χ0v) is 16.4. The van der Waals surface area contributed by atoms with Gasteiger partial charge < -0.3 is 20.4 Å². The van der Waals surface area contributed by atoms with Gasteiger partial charge in [-0.2, -0.15) is 0 Å². The van der Waals surface area contributed by atoms with Gasteiger partial charge >= 0.3 is 0 Å². The van der Waals surface area contributed by atoms with Crippen molar-refractivity contribution in [3.8, 4) is 0 Å². The van der Waals surface area contributed by atoms with Crippen molar-refractivity contribution in [2.24, 2.45) is 0 Å². The van der Waals surface area contributed by atoms with Crippen LogP contribution in [-0.2, 0) is 9.59 Å². The number of benzene rings is 2. The minimum atomic E-state index is -0.770. The van der Waals surface area contributed by atoms with Crippen LogP contribution in [0.25, 0.3) is 0 Å². The van der Waals surface area contributed by atoms with Crippen molar-refractivity contribution in [2.45, 2.75) is 18.9 Å². The van der Waals surface area contributed by atoms with Gasteiger partial charge in [0.1, 0.15) is 11.9 Å². The molecule has 30 heavy (non-hydrogen) atoms. The second kappa shape index (κ2) is 8.52. The van der Waals surface area contributed by atoms with E-state index in [0.717, 1.165) is 0 Å². The summed E-state index contributed by atoms with van der Waals surface area (Å²) in [5.74, 6) is -1.01. The third-order valence-corrected chi connectivity index (χ3v) is 5.52. The Morgan fingerprint density at radius 3 is 2.47 bits per heavy atom. The monoisotopic (exact) mass is 410 g/mol. The average molecular weight is 410 g/mol. The van der Waals surface area contributed by atoms with Crippen LogP contribution in [-0.4, -0.2) is 54.8 Å². The maximum Gasteiger partial charge on any atom is 0.254 e. The van der Waals surface area contributed by atoms with E-state index < -0.39 is 6.04 Å². The number of fused-ring (bicyclic) bond motifs is 1. The molecule has 1 unspecified atom stereocenters. The van der Waals surface area contributed by atoms with Gasteiger partial charge in [-0.25, -0.2) is 4.39 Å². The number of rotatable bonds is 4. The molecule has 2 aromatic carbocycles. The maximum atomic E-state index is 14.0. The van der Waals surface area contributed by atoms with E-state index in [9.17, 15) is 18.8 Å². The molecule has 4 rings (SSSR count). The Kier molecular flexibility index (Phi) is 5.65. The van der Waals surface area contributed by atoms with Gasteiger partial charge in [0.15, 0.2) is 0 Å². The highest BCUT2D eigenvalue weighted by Gasteiger charge is 2.29. The largest absolute Gasteiger partial charge is 0.366 e. The lowest BCUT2D eigenvalue weighted by Gasteiger charge is -2.36. The molecule has 2 heterocycles. The van der Waals surface area contributed by atoms with Crippen LogP contribution in [0, 0.1) is 5.82 Å². The van der Waals surface area contributed by atoms with E-state index in [-0.39, 0.29) is 36.4 Å². The van der Waals surface area contributed by atoms with Crippen molar-refractivity contribution < 1.29 is 18.8 Å². The number of amides is 3. The molecule has 8 heteroatoms. The highest BCUT2D eigenvalue weighted by atomic mass is 19.1. The molecule has 3 amide bonds. The standard InChI is InChI=1S/C22H23FN4O3/c23-16-6-2-4-8-19(16)26-11-13-27(14-12-26)20(28)10-9-18-22(30)24-17-7-3-1-5-15(17)21(29)25-18/h1-8,18H,9-14H2,(H,24,30)(H,25,29). The average Bonchev–Trinajstić information content (AvgIpc) is 2.88. The Labute approximate surface area is 173 Å². The third-order valence-electron chi connectivity index (χ3n) is 5.52. The number of carbonyl (C=O) groups is 3. The van der Waals surface area contributed by atoms with Gasteiger partial charge in [-0.3, -0.25) is 14.4 Å². The summed E-state index contributed by atoms with van der Waals surface area (Å²) < 4.78 is 14.0. The van der Waals surface area contributed by atoms with Crippen molar-refractivity contribution in [3.05, 3.63) is 59.9 Å². The number of carbonyl (C=O) groups excluding carboxylic acids is 3. The Bertz CT molecular complexity index is 972. The molecule has 2 aliphatic heterocycles. The number of anilines is 2. The second-order valence-electron chi connectivity index (χ2n) is 7.42. The van der Waals surface area contributed by atoms with Crippen molar-refractivity contribution in [1.82, 2.24) is 10.2 Å². The molecule has 0 aliphatic carbocycles. The summed E-state index contributed by atoms with van der Waals surface area (Å²) in [4.78, 5) is 41.1. The molecule has 1 atom stereocenters. The van der Waals surface area contributed by atoms with Gasteiger partial charge in [-0.1, -0.05) is 24.3 Å². The molecular formula is C22H23FN4O3. The lowest BCUT2D eigenvalue weighted by Crippen LogP contribution is -2.49. The number of halogens is 1. The number of nitrogens with one attached hydrogen (secondary N) is 2. The minimum absolute atomic E-state index is 0.0769. The van der Waals surface area contributed by atoms with E-state index in [0.29, 0.717) is 43.1 Å². The van der Waals surface area contributed by atoms with Gasteiger partial charge in [-0.05, 0) is 30.7 Å². The van der Waals surface area contributed by atoms with Crippen LogP contribution in [0.4, 0.5) is 15.8 Å². The molecule has 1 saturated heterocycles. The molecule has 7 nitrogen and oxygen atoms in total. The second-order valence-corrected chi connectivity index (χ2v) is 7.42.